The molecule has 2 aromatic carbocycles. The predicted octanol–water partition coefficient (Wildman–Crippen LogP) is 4.92. The first-order chi connectivity index (χ1) is 16.5. The molecule has 4 aromatic rings. The number of esters is 1. The summed E-state index contributed by atoms with van der Waals surface area (Å²) in [4.78, 5) is 25.5. The maximum atomic E-state index is 12.8. The molecule has 0 saturated heterocycles. The number of amides is 1. The molecule has 0 fully saturated rings. The van der Waals surface area contributed by atoms with E-state index in [9.17, 15) is 9.59 Å². The van der Waals surface area contributed by atoms with Crippen molar-refractivity contribution in [1.29, 1.82) is 0 Å². The molecule has 8 nitrogen and oxygen atoms in total. The van der Waals surface area contributed by atoms with E-state index < -0.39 is 5.97 Å². The molecule has 2 heterocycles. The van der Waals surface area contributed by atoms with Crippen molar-refractivity contribution in [3.05, 3.63) is 70.6 Å². The van der Waals surface area contributed by atoms with Crippen molar-refractivity contribution in [1.82, 2.24) is 20.2 Å². The number of carbonyl (C=O) groups is 2. The predicted molar refractivity (Wildman–Crippen MR) is 134 cm³/mol. The van der Waals surface area contributed by atoms with E-state index in [1.54, 1.807) is 11.6 Å². The Kier molecular flexibility index (Phi) is 7.39. The van der Waals surface area contributed by atoms with Crippen molar-refractivity contribution in [3.8, 4) is 16.8 Å². The third-order valence-electron chi connectivity index (χ3n) is 4.97. The molecule has 0 saturated carbocycles. The van der Waals surface area contributed by atoms with Crippen LogP contribution in [-0.4, -0.2) is 44.4 Å². The van der Waals surface area contributed by atoms with Crippen LogP contribution < -0.4 is 5.32 Å². The van der Waals surface area contributed by atoms with Crippen LogP contribution in [0.5, 0.6) is 0 Å². The zero-order valence-electron chi connectivity index (χ0n) is 18.9. The minimum absolute atomic E-state index is 0.0755. The highest BCUT2D eigenvalue weighted by atomic mass is 32.2. The lowest BCUT2D eigenvalue weighted by atomic mass is 10.0. The van der Waals surface area contributed by atoms with Gasteiger partial charge >= 0.3 is 5.97 Å². The van der Waals surface area contributed by atoms with Crippen LogP contribution in [0.3, 0.4) is 0 Å². The van der Waals surface area contributed by atoms with Crippen LogP contribution in [0.2, 0.25) is 0 Å². The summed E-state index contributed by atoms with van der Waals surface area (Å²) in [6, 6.07) is 15.6. The number of thioether (sulfide) groups is 1. The van der Waals surface area contributed by atoms with Crippen LogP contribution in [-0.2, 0) is 9.53 Å². The second kappa shape index (κ2) is 10.6. The summed E-state index contributed by atoms with van der Waals surface area (Å²) < 4.78 is 6.88. The van der Waals surface area contributed by atoms with E-state index in [4.69, 9.17) is 4.74 Å². The Labute approximate surface area is 205 Å². The molecule has 2 aromatic heterocycles. The maximum absolute atomic E-state index is 12.8. The fourth-order valence-corrected chi connectivity index (χ4v) is 5.00. The van der Waals surface area contributed by atoms with Gasteiger partial charge in [-0.25, -0.2) is 4.79 Å². The Balaban J connectivity index is 1.52. The van der Waals surface area contributed by atoms with Gasteiger partial charge in [0, 0.05) is 10.9 Å². The maximum Gasteiger partial charge on any atom is 0.341 e. The summed E-state index contributed by atoms with van der Waals surface area (Å²) in [5.74, 6) is -0.663. The molecule has 34 heavy (non-hydrogen) atoms. The van der Waals surface area contributed by atoms with Gasteiger partial charge in [0.25, 0.3) is 0 Å². The quantitative estimate of drug-likeness (QED) is 0.275. The highest BCUT2D eigenvalue weighted by Crippen LogP contribution is 2.36. The van der Waals surface area contributed by atoms with Crippen LogP contribution in [0, 0.1) is 13.8 Å². The number of anilines is 1. The summed E-state index contributed by atoms with van der Waals surface area (Å²) in [7, 11) is 0. The molecular formula is C24H23N5O3S2. The largest absolute Gasteiger partial charge is 0.462 e. The van der Waals surface area contributed by atoms with Gasteiger partial charge in [-0.3, -0.25) is 4.79 Å². The average molecular weight is 494 g/mol. The Hall–Kier alpha value is -3.50. The van der Waals surface area contributed by atoms with Crippen molar-refractivity contribution in [3.63, 3.8) is 0 Å². The van der Waals surface area contributed by atoms with Gasteiger partial charge in [0.15, 0.2) is 0 Å². The minimum Gasteiger partial charge on any atom is -0.462 e. The van der Waals surface area contributed by atoms with E-state index >= 15 is 0 Å². The van der Waals surface area contributed by atoms with Crippen molar-refractivity contribution >= 4 is 40.0 Å². The number of aryl methyl sites for hydroxylation is 2. The number of nitrogens with one attached hydrogen (secondary N) is 1. The van der Waals surface area contributed by atoms with Crippen LogP contribution >= 0.6 is 23.1 Å². The minimum atomic E-state index is -0.468. The number of thiophene rings is 1. The number of carbonyl (C=O) groups excluding carboxylic acids is 2. The highest BCUT2D eigenvalue weighted by molar-refractivity contribution is 7.99. The highest BCUT2D eigenvalue weighted by Gasteiger charge is 2.23. The van der Waals surface area contributed by atoms with Crippen molar-refractivity contribution < 1.29 is 14.3 Å². The molecular weight excluding hydrogens is 470 g/mol. The number of hydrogen-bond acceptors (Lipinski definition) is 8. The first-order valence-electron chi connectivity index (χ1n) is 10.6. The van der Waals surface area contributed by atoms with Gasteiger partial charge in [-0.1, -0.05) is 54.2 Å². The number of ether oxygens (including phenoxy) is 1. The van der Waals surface area contributed by atoms with E-state index in [0.717, 1.165) is 27.9 Å². The SMILES string of the molecule is CCOC(=O)c1c(-c2ccccc2)csc1NC(=O)CSc1nnnn1-c1cc(C)ccc1C. The summed E-state index contributed by atoms with van der Waals surface area (Å²) >= 11 is 2.51. The van der Waals surface area contributed by atoms with Gasteiger partial charge in [0.2, 0.25) is 11.1 Å². The van der Waals surface area contributed by atoms with Gasteiger partial charge in [-0.2, -0.15) is 4.68 Å². The standard InChI is InChI=1S/C24H23N5O3S2/c1-4-32-23(31)21-18(17-8-6-5-7-9-17)13-33-22(21)25-20(30)14-34-24-26-27-28-29(24)19-12-15(2)10-11-16(19)3/h5-13H,4,14H2,1-3H3,(H,25,30). The number of aromatic nitrogens is 4. The Bertz CT molecular complexity index is 1320. The number of benzene rings is 2. The molecule has 0 atom stereocenters. The molecule has 4 rings (SSSR count). The van der Waals surface area contributed by atoms with E-state index in [1.807, 2.05) is 67.8 Å². The van der Waals surface area contributed by atoms with Crippen molar-refractivity contribution in [2.75, 3.05) is 17.7 Å². The van der Waals surface area contributed by atoms with Gasteiger partial charge in [-0.15, -0.1) is 16.4 Å². The lowest BCUT2D eigenvalue weighted by Gasteiger charge is -2.10. The second-order valence-electron chi connectivity index (χ2n) is 7.44. The summed E-state index contributed by atoms with van der Waals surface area (Å²) in [6.45, 7) is 5.98. The summed E-state index contributed by atoms with van der Waals surface area (Å²) in [5, 5.41) is 17.6. The average Bonchev–Trinajstić information content (AvgIpc) is 3.47. The zero-order chi connectivity index (χ0) is 24.1. The lowest BCUT2D eigenvalue weighted by molar-refractivity contribution is -0.113. The molecule has 0 aliphatic carbocycles. The molecule has 0 aliphatic rings. The number of rotatable bonds is 8. The molecule has 0 bridgehead atoms. The van der Waals surface area contributed by atoms with Gasteiger partial charge in [-0.05, 0) is 54.0 Å². The normalized spacial score (nSPS) is 10.8. The van der Waals surface area contributed by atoms with Gasteiger partial charge < -0.3 is 10.1 Å². The van der Waals surface area contributed by atoms with E-state index in [1.165, 1.54) is 23.1 Å². The first-order valence-corrected chi connectivity index (χ1v) is 12.5. The number of tetrazole rings is 1. The van der Waals surface area contributed by atoms with E-state index in [0.29, 0.717) is 15.7 Å². The molecule has 10 heteroatoms. The summed E-state index contributed by atoms with van der Waals surface area (Å²) in [5.41, 5.74) is 4.94. The first kappa shape index (κ1) is 23.7. The van der Waals surface area contributed by atoms with Crippen molar-refractivity contribution in [2.24, 2.45) is 0 Å². The fourth-order valence-electron chi connectivity index (χ4n) is 3.35. The number of nitrogens with zero attached hydrogens (tertiary/aromatic N) is 4. The second-order valence-corrected chi connectivity index (χ2v) is 9.26. The van der Waals surface area contributed by atoms with Gasteiger partial charge in [0.1, 0.15) is 10.6 Å². The third kappa shape index (κ3) is 5.18. The fraction of sp³-hybridized carbons (Fsp3) is 0.208. The topological polar surface area (TPSA) is 99.0 Å². The van der Waals surface area contributed by atoms with Crippen LogP contribution in [0.15, 0.2) is 59.1 Å². The Morgan fingerprint density at radius 2 is 1.94 bits per heavy atom. The Morgan fingerprint density at radius 3 is 2.71 bits per heavy atom. The number of hydrogen-bond donors (Lipinski definition) is 1. The molecule has 1 amide bonds. The molecule has 0 radical (unpaired) electrons. The Morgan fingerprint density at radius 1 is 1.15 bits per heavy atom. The van der Waals surface area contributed by atoms with Crippen LogP contribution in [0.25, 0.3) is 16.8 Å². The summed E-state index contributed by atoms with van der Waals surface area (Å²) in [6.07, 6.45) is 0. The molecule has 174 valence electrons. The third-order valence-corrected chi connectivity index (χ3v) is 6.79. The van der Waals surface area contributed by atoms with Crippen LogP contribution in [0.1, 0.15) is 28.4 Å². The monoisotopic (exact) mass is 493 g/mol. The zero-order valence-corrected chi connectivity index (χ0v) is 20.6. The van der Waals surface area contributed by atoms with E-state index in [-0.39, 0.29) is 18.3 Å². The molecule has 0 spiro atoms. The van der Waals surface area contributed by atoms with Gasteiger partial charge in [0.05, 0.1) is 18.0 Å². The van der Waals surface area contributed by atoms with Crippen LogP contribution in [0.4, 0.5) is 5.00 Å². The lowest BCUT2D eigenvalue weighted by Crippen LogP contribution is -2.17. The molecule has 1 N–H and O–H groups in total. The van der Waals surface area contributed by atoms with E-state index in [2.05, 4.69) is 20.8 Å². The smallest absolute Gasteiger partial charge is 0.341 e. The molecule has 0 aliphatic heterocycles. The van der Waals surface area contributed by atoms with Crippen molar-refractivity contribution in [2.45, 2.75) is 25.9 Å². The molecule has 0 unspecified atom stereocenters.